The fraction of sp³-hybridized carbons (Fsp3) is 0.467. The first-order valence-electron chi connectivity index (χ1n) is 13.2. The van der Waals surface area contributed by atoms with Gasteiger partial charge in [0.1, 0.15) is 11.3 Å². The van der Waals surface area contributed by atoms with Crippen LogP contribution in [0.3, 0.4) is 0 Å². The molecule has 2 N–H and O–H groups in total. The van der Waals surface area contributed by atoms with Gasteiger partial charge in [0.05, 0.1) is 11.0 Å². The maximum atomic E-state index is 6.37. The number of rotatable bonds is 10. The number of pyridine rings is 1. The van der Waals surface area contributed by atoms with E-state index in [2.05, 4.69) is 85.5 Å². The Morgan fingerprint density at radius 1 is 0.886 bits per heavy atom. The van der Waals surface area contributed by atoms with E-state index in [1.165, 1.54) is 24.0 Å². The largest absolute Gasteiger partial charge is 0.382 e. The average Bonchev–Trinajstić information content (AvgIpc) is 3.19. The van der Waals surface area contributed by atoms with Crippen molar-refractivity contribution in [1.82, 2.24) is 19.4 Å². The van der Waals surface area contributed by atoms with Gasteiger partial charge < -0.3 is 10.3 Å². The van der Waals surface area contributed by atoms with Crippen molar-refractivity contribution in [3.05, 3.63) is 65.5 Å². The average molecular weight is 472 g/mol. The van der Waals surface area contributed by atoms with Crippen LogP contribution in [0.15, 0.2) is 48.5 Å². The first-order valence-corrected chi connectivity index (χ1v) is 13.2. The molecule has 0 aliphatic rings. The highest BCUT2D eigenvalue weighted by atomic mass is 15.2. The van der Waals surface area contributed by atoms with Crippen LogP contribution < -0.4 is 5.73 Å². The molecule has 0 saturated heterocycles. The summed E-state index contributed by atoms with van der Waals surface area (Å²) in [5, 5.41) is 1.11. The molecule has 0 spiro atoms. The van der Waals surface area contributed by atoms with Crippen LogP contribution in [-0.4, -0.2) is 31.5 Å². The van der Waals surface area contributed by atoms with E-state index >= 15 is 0 Å². The molecule has 0 saturated carbocycles. The van der Waals surface area contributed by atoms with Crippen LogP contribution in [0.5, 0.6) is 0 Å². The third-order valence-electron chi connectivity index (χ3n) is 6.91. The van der Waals surface area contributed by atoms with E-state index < -0.39 is 0 Å². The fourth-order valence-corrected chi connectivity index (χ4v) is 4.75. The Bertz CT molecular complexity index is 1260. The SMILES string of the molecule is CCCCc1nc2c(N)nc3ccccc3c2n1Cc1ccc(CN(CCCC)C(C)(C)C)cc1. The van der Waals surface area contributed by atoms with E-state index in [0.717, 1.165) is 66.7 Å². The number of unbranched alkanes of at least 4 members (excludes halogenated alkanes) is 2. The van der Waals surface area contributed by atoms with Crippen molar-refractivity contribution in [1.29, 1.82) is 0 Å². The lowest BCUT2D eigenvalue weighted by molar-refractivity contribution is 0.125. The number of imidazole rings is 1. The van der Waals surface area contributed by atoms with E-state index in [1.807, 2.05) is 12.1 Å². The van der Waals surface area contributed by atoms with Crippen molar-refractivity contribution in [2.75, 3.05) is 12.3 Å². The smallest absolute Gasteiger partial charge is 0.152 e. The van der Waals surface area contributed by atoms with Gasteiger partial charge in [-0.05, 0) is 57.4 Å². The lowest BCUT2D eigenvalue weighted by Gasteiger charge is -2.35. The summed E-state index contributed by atoms with van der Waals surface area (Å²) < 4.78 is 2.36. The molecule has 35 heavy (non-hydrogen) atoms. The van der Waals surface area contributed by atoms with Gasteiger partial charge in [-0.1, -0.05) is 69.2 Å². The van der Waals surface area contributed by atoms with E-state index in [1.54, 1.807) is 0 Å². The molecule has 4 aromatic rings. The highest BCUT2D eigenvalue weighted by molar-refractivity contribution is 6.06. The van der Waals surface area contributed by atoms with Gasteiger partial charge in [-0.2, -0.15) is 0 Å². The predicted molar refractivity (Wildman–Crippen MR) is 149 cm³/mol. The van der Waals surface area contributed by atoms with Crippen molar-refractivity contribution in [2.24, 2.45) is 0 Å². The summed E-state index contributed by atoms with van der Waals surface area (Å²) >= 11 is 0. The number of anilines is 1. The van der Waals surface area contributed by atoms with Crippen molar-refractivity contribution >= 4 is 27.8 Å². The van der Waals surface area contributed by atoms with Gasteiger partial charge in [0, 0.05) is 30.4 Å². The molecule has 2 heterocycles. The van der Waals surface area contributed by atoms with Crippen LogP contribution in [0, 0.1) is 0 Å². The van der Waals surface area contributed by atoms with Gasteiger partial charge in [0.15, 0.2) is 5.82 Å². The minimum absolute atomic E-state index is 0.159. The Morgan fingerprint density at radius 3 is 2.26 bits per heavy atom. The number of benzene rings is 2. The Labute approximate surface area is 210 Å². The Balaban J connectivity index is 1.67. The summed E-state index contributed by atoms with van der Waals surface area (Å²) in [4.78, 5) is 12.2. The maximum Gasteiger partial charge on any atom is 0.152 e. The molecule has 0 aliphatic carbocycles. The van der Waals surface area contributed by atoms with Gasteiger partial charge in [-0.15, -0.1) is 0 Å². The van der Waals surface area contributed by atoms with Crippen molar-refractivity contribution < 1.29 is 0 Å². The lowest BCUT2D eigenvalue weighted by atomic mass is 10.0. The summed E-state index contributed by atoms with van der Waals surface area (Å²) in [5.74, 6) is 1.61. The zero-order chi connectivity index (χ0) is 25.0. The summed E-state index contributed by atoms with van der Waals surface area (Å²) in [6.07, 6.45) is 5.63. The molecule has 0 radical (unpaired) electrons. The molecule has 2 aromatic carbocycles. The highest BCUT2D eigenvalue weighted by Gasteiger charge is 2.21. The molecule has 5 heteroatoms. The minimum atomic E-state index is 0.159. The number of nitrogens with two attached hydrogens (primary N) is 1. The van der Waals surface area contributed by atoms with Gasteiger partial charge in [-0.3, -0.25) is 4.90 Å². The number of hydrogen-bond donors (Lipinski definition) is 1. The lowest BCUT2D eigenvalue weighted by Crippen LogP contribution is -2.41. The molecule has 4 rings (SSSR count). The Morgan fingerprint density at radius 2 is 1.57 bits per heavy atom. The van der Waals surface area contributed by atoms with Crippen LogP contribution in [0.1, 0.15) is 77.3 Å². The van der Waals surface area contributed by atoms with E-state index in [-0.39, 0.29) is 5.54 Å². The molecule has 0 fully saturated rings. The highest BCUT2D eigenvalue weighted by Crippen LogP contribution is 2.30. The molecule has 0 amide bonds. The summed E-state index contributed by atoms with van der Waals surface area (Å²) in [6.45, 7) is 14.3. The van der Waals surface area contributed by atoms with Gasteiger partial charge in [-0.25, -0.2) is 9.97 Å². The number of aryl methyl sites for hydroxylation is 1. The van der Waals surface area contributed by atoms with Gasteiger partial charge in [0.2, 0.25) is 0 Å². The maximum absolute atomic E-state index is 6.37. The Hall–Kier alpha value is -2.92. The second-order valence-corrected chi connectivity index (χ2v) is 10.7. The number of aromatic nitrogens is 3. The minimum Gasteiger partial charge on any atom is -0.382 e. The second kappa shape index (κ2) is 10.8. The summed E-state index contributed by atoms with van der Waals surface area (Å²) in [7, 11) is 0. The van der Waals surface area contributed by atoms with Crippen molar-refractivity contribution in [3.63, 3.8) is 0 Å². The first-order chi connectivity index (χ1) is 16.8. The topological polar surface area (TPSA) is 60.0 Å². The third-order valence-corrected chi connectivity index (χ3v) is 6.91. The second-order valence-electron chi connectivity index (χ2n) is 10.7. The standard InChI is InChI=1S/C30H41N5/c1-6-8-14-26-33-27-28(24-12-10-11-13-25(24)32-29(27)31)35(26)21-23-17-15-22(16-18-23)20-34(19-9-7-2)30(3,4)5/h10-13,15-18H,6-9,14,19-21H2,1-5H3,(H2,31,32). The van der Waals surface area contributed by atoms with Crippen LogP contribution in [0.2, 0.25) is 0 Å². The fourth-order valence-electron chi connectivity index (χ4n) is 4.75. The molecular formula is C30H41N5. The van der Waals surface area contributed by atoms with Crippen molar-refractivity contribution in [3.8, 4) is 0 Å². The molecule has 0 bridgehead atoms. The zero-order valence-corrected chi connectivity index (χ0v) is 22.1. The molecular weight excluding hydrogens is 430 g/mol. The monoisotopic (exact) mass is 471 g/mol. The molecule has 5 nitrogen and oxygen atoms in total. The quantitative estimate of drug-likeness (QED) is 0.272. The van der Waals surface area contributed by atoms with Gasteiger partial charge in [0.25, 0.3) is 0 Å². The first kappa shape index (κ1) is 25.2. The van der Waals surface area contributed by atoms with Crippen LogP contribution in [-0.2, 0) is 19.5 Å². The number of para-hydroxylation sites is 1. The van der Waals surface area contributed by atoms with Crippen LogP contribution in [0.25, 0.3) is 21.9 Å². The summed E-state index contributed by atoms with van der Waals surface area (Å²) in [5.41, 5.74) is 12.0. The third kappa shape index (κ3) is 5.67. The molecule has 0 aliphatic heterocycles. The molecule has 186 valence electrons. The number of nitrogens with zero attached hydrogens (tertiary/aromatic N) is 4. The van der Waals surface area contributed by atoms with E-state index in [9.17, 15) is 0 Å². The molecule has 0 atom stereocenters. The predicted octanol–water partition coefficient (Wildman–Crippen LogP) is 6.96. The van der Waals surface area contributed by atoms with Crippen LogP contribution >= 0.6 is 0 Å². The van der Waals surface area contributed by atoms with Gasteiger partial charge >= 0.3 is 0 Å². The summed E-state index contributed by atoms with van der Waals surface area (Å²) in [6, 6.07) is 17.4. The number of fused-ring (bicyclic) bond motifs is 3. The van der Waals surface area contributed by atoms with Crippen LogP contribution in [0.4, 0.5) is 5.82 Å². The Kier molecular flexibility index (Phi) is 7.75. The number of hydrogen-bond acceptors (Lipinski definition) is 4. The van der Waals surface area contributed by atoms with Crippen molar-refractivity contribution in [2.45, 2.75) is 85.4 Å². The van der Waals surface area contributed by atoms with E-state index in [0.29, 0.717) is 5.82 Å². The normalized spacial score (nSPS) is 12.3. The zero-order valence-electron chi connectivity index (χ0n) is 22.1. The molecule has 0 unspecified atom stereocenters. The number of nitrogen functional groups attached to an aromatic ring is 1. The van der Waals surface area contributed by atoms with E-state index in [4.69, 9.17) is 10.7 Å². The molecule has 2 aromatic heterocycles.